The number of fused-ring (bicyclic) bond motifs is 13. The third-order valence-corrected chi connectivity index (χ3v) is 13.4. The lowest BCUT2D eigenvalue weighted by Crippen LogP contribution is -1.96. The van der Waals surface area contributed by atoms with Crippen molar-refractivity contribution in [3.05, 3.63) is 225 Å². The van der Waals surface area contributed by atoms with E-state index in [2.05, 4.69) is 231 Å². The van der Waals surface area contributed by atoms with Gasteiger partial charge in [-0.25, -0.2) is 4.98 Å². The molecule has 0 fully saturated rings. The first kappa shape index (κ1) is 35.0. The molecule has 14 rings (SSSR count). The Morgan fingerprint density at radius 3 is 1.36 bits per heavy atom. The SMILES string of the molecule is c1ccc(-n2c3ccccc3c3cc4c(cc32)c2cc(-c3ccc5c(c3)c3ccc6c(c7ccccc7n6-c6ccccc6)c3n5-c3ccccc3)ccc2n4-c2ccccn2)cc1. The molecule has 0 saturated heterocycles. The maximum absolute atomic E-state index is 4.90. The van der Waals surface area contributed by atoms with Crippen LogP contribution < -0.4 is 0 Å². The summed E-state index contributed by atoms with van der Waals surface area (Å²) in [6.07, 6.45) is 1.88. The van der Waals surface area contributed by atoms with Crippen LogP contribution in [0.15, 0.2) is 225 Å². The Balaban J connectivity index is 1.04. The van der Waals surface area contributed by atoms with Crippen molar-refractivity contribution in [3.8, 4) is 34.0 Å². The van der Waals surface area contributed by atoms with E-state index in [-0.39, 0.29) is 0 Å². The molecule has 0 radical (unpaired) electrons. The summed E-state index contributed by atoms with van der Waals surface area (Å²) in [5.74, 6) is 0.900. The van der Waals surface area contributed by atoms with E-state index >= 15 is 0 Å². The molecule has 0 unspecified atom stereocenters. The Kier molecular flexibility index (Phi) is 7.33. The number of hydrogen-bond acceptors (Lipinski definition) is 1. The normalized spacial score (nSPS) is 12.1. The molecular weight excluding hydrogens is 779 g/mol. The molecule has 0 spiro atoms. The van der Waals surface area contributed by atoms with Gasteiger partial charge in [-0.2, -0.15) is 0 Å². The minimum atomic E-state index is 0.900. The lowest BCUT2D eigenvalue weighted by atomic mass is 10.00. The molecule has 0 N–H and O–H groups in total. The maximum atomic E-state index is 4.90. The van der Waals surface area contributed by atoms with Crippen LogP contribution in [0.2, 0.25) is 0 Å². The lowest BCUT2D eigenvalue weighted by Gasteiger charge is -2.10. The second-order valence-electron chi connectivity index (χ2n) is 16.8. The molecule has 0 aliphatic carbocycles. The Morgan fingerprint density at radius 1 is 0.266 bits per heavy atom. The monoisotopic (exact) mass is 815 g/mol. The van der Waals surface area contributed by atoms with Gasteiger partial charge in [0.25, 0.3) is 0 Å². The fourth-order valence-electron chi connectivity index (χ4n) is 10.7. The molecule has 64 heavy (non-hydrogen) atoms. The summed E-state index contributed by atoms with van der Waals surface area (Å²) in [5.41, 5.74) is 15.2. The number of hydrogen-bond donors (Lipinski definition) is 0. The minimum absolute atomic E-state index is 0.900. The third-order valence-electron chi connectivity index (χ3n) is 13.4. The van der Waals surface area contributed by atoms with Crippen LogP contribution in [-0.2, 0) is 0 Å². The van der Waals surface area contributed by atoms with E-state index in [1.165, 1.54) is 87.3 Å². The predicted molar refractivity (Wildman–Crippen MR) is 267 cm³/mol. The standard InChI is InChI=1S/C59H37N5/c1-4-16-40(17-5-1)61-51-25-13-11-23-45(51)58-54(61)32-29-44-46-34-38(27-30-52(46)63(59(44)58)42-20-8-3-9-21-42)39-28-31-53-47(35-39)49-37-55-48(36-56(49)64(53)57-26-14-15-33-60-57)43-22-10-12-24-50(43)62(55)41-18-6-2-7-19-41/h1-37H. The number of pyridine rings is 1. The summed E-state index contributed by atoms with van der Waals surface area (Å²) in [5, 5.41) is 9.76. The maximum Gasteiger partial charge on any atom is 0.137 e. The van der Waals surface area contributed by atoms with Crippen LogP contribution in [0, 0.1) is 0 Å². The molecule has 5 aromatic heterocycles. The molecule has 5 heterocycles. The van der Waals surface area contributed by atoms with Crippen LogP contribution in [0.3, 0.4) is 0 Å². The topological polar surface area (TPSA) is 32.6 Å². The quantitative estimate of drug-likeness (QED) is 0.170. The zero-order valence-corrected chi connectivity index (χ0v) is 34.6. The predicted octanol–water partition coefficient (Wildman–Crippen LogP) is 15.1. The van der Waals surface area contributed by atoms with Crippen molar-refractivity contribution >= 4 is 87.2 Å². The van der Waals surface area contributed by atoms with Crippen LogP contribution in [-0.4, -0.2) is 23.3 Å². The molecule has 14 aromatic rings. The van der Waals surface area contributed by atoms with Crippen LogP contribution in [0.4, 0.5) is 0 Å². The number of benzene rings is 9. The first-order valence-electron chi connectivity index (χ1n) is 21.9. The summed E-state index contributed by atoms with van der Waals surface area (Å²) < 4.78 is 9.62. The number of aromatic nitrogens is 5. The zero-order valence-electron chi connectivity index (χ0n) is 34.6. The first-order chi connectivity index (χ1) is 31.8. The van der Waals surface area contributed by atoms with Crippen molar-refractivity contribution in [2.45, 2.75) is 0 Å². The number of rotatable bonds is 5. The van der Waals surface area contributed by atoms with Gasteiger partial charge in [-0.1, -0.05) is 115 Å². The van der Waals surface area contributed by atoms with Gasteiger partial charge >= 0.3 is 0 Å². The molecule has 0 aliphatic rings. The molecule has 0 bridgehead atoms. The van der Waals surface area contributed by atoms with Crippen LogP contribution in [0.1, 0.15) is 0 Å². The average Bonchev–Trinajstić information content (AvgIpc) is 4.08. The van der Waals surface area contributed by atoms with Gasteiger partial charge in [0.1, 0.15) is 5.82 Å². The highest BCUT2D eigenvalue weighted by Gasteiger charge is 2.23. The fraction of sp³-hybridized carbons (Fsp3) is 0. The highest BCUT2D eigenvalue weighted by atomic mass is 15.1. The van der Waals surface area contributed by atoms with Gasteiger partial charge in [-0.3, -0.25) is 4.57 Å². The summed E-state index contributed by atoms with van der Waals surface area (Å²) in [7, 11) is 0. The van der Waals surface area contributed by atoms with Gasteiger partial charge in [0, 0.05) is 66.3 Å². The third kappa shape index (κ3) is 4.92. The lowest BCUT2D eigenvalue weighted by molar-refractivity contribution is 1.08. The van der Waals surface area contributed by atoms with E-state index in [9.17, 15) is 0 Å². The Bertz CT molecular complexity index is 4150. The van der Waals surface area contributed by atoms with Gasteiger partial charge in [-0.05, 0) is 114 Å². The van der Waals surface area contributed by atoms with Crippen LogP contribution >= 0.6 is 0 Å². The largest absolute Gasteiger partial charge is 0.309 e. The van der Waals surface area contributed by atoms with Gasteiger partial charge < -0.3 is 13.7 Å². The first-order valence-corrected chi connectivity index (χ1v) is 21.9. The average molecular weight is 816 g/mol. The van der Waals surface area contributed by atoms with E-state index in [4.69, 9.17) is 4.98 Å². The van der Waals surface area contributed by atoms with Crippen molar-refractivity contribution in [1.82, 2.24) is 23.3 Å². The summed E-state index contributed by atoms with van der Waals surface area (Å²) in [6.45, 7) is 0. The van der Waals surface area contributed by atoms with Gasteiger partial charge in [0.05, 0.1) is 44.1 Å². The summed E-state index contributed by atoms with van der Waals surface area (Å²) >= 11 is 0. The van der Waals surface area contributed by atoms with E-state index in [1.807, 2.05) is 12.3 Å². The molecule has 0 amide bonds. The van der Waals surface area contributed by atoms with Gasteiger partial charge in [0.15, 0.2) is 0 Å². The number of para-hydroxylation sites is 5. The molecule has 0 aliphatic heterocycles. The van der Waals surface area contributed by atoms with Crippen molar-refractivity contribution in [1.29, 1.82) is 0 Å². The molecular formula is C59H37N5. The highest BCUT2D eigenvalue weighted by Crippen LogP contribution is 2.44. The fourth-order valence-corrected chi connectivity index (χ4v) is 10.7. The van der Waals surface area contributed by atoms with Crippen molar-refractivity contribution in [3.63, 3.8) is 0 Å². The molecule has 298 valence electrons. The van der Waals surface area contributed by atoms with Crippen molar-refractivity contribution in [2.75, 3.05) is 0 Å². The Labute approximate surface area is 367 Å². The number of nitrogens with zero attached hydrogens (tertiary/aromatic N) is 5. The summed E-state index contributed by atoms with van der Waals surface area (Å²) in [4.78, 5) is 4.90. The zero-order chi connectivity index (χ0) is 41.9. The molecule has 5 heteroatoms. The van der Waals surface area contributed by atoms with Crippen LogP contribution in [0.5, 0.6) is 0 Å². The molecule has 9 aromatic carbocycles. The van der Waals surface area contributed by atoms with E-state index in [1.54, 1.807) is 0 Å². The Hall–Kier alpha value is -8.67. The van der Waals surface area contributed by atoms with Crippen molar-refractivity contribution in [2.24, 2.45) is 0 Å². The van der Waals surface area contributed by atoms with E-state index in [0.717, 1.165) is 33.9 Å². The molecule has 0 saturated carbocycles. The highest BCUT2D eigenvalue weighted by molar-refractivity contribution is 6.26. The van der Waals surface area contributed by atoms with Crippen LogP contribution in [0.25, 0.3) is 121 Å². The molecule has 5 nitrogen and oxygen atoms in total. The molecule has 0 atom stereocenters. The minimum Gasteiger partial charge on any atom is -0.309 e. The van der Waals surface area contributed by atoms with E-state index in [0.29, 0.717) is 0 Å². The van der Waals surface area contributed by atoms with E-state index < -0.39 is 0 Å². The smallest absolute Gasteiger partial charge is 0.137 e. The van der Waals surface area contributed by atoms with Crippen molar-refractivity contribution < 1.29 is 0 Å². The Morgan fingerprint density at radius 2 is 0.719 bits per heavy atom. The second-order valence-corrected chi connectivity index (χ2v) is 16.8. The van der Waals surface area contributed by atoms with Gasteiger partial charge in [-0.15, -0.1) is 0 Å². The summed E-state index contributed by atoms with van der Waals surface area (Å²) in [6, 6.07) is 79.4. The second kappa shape index (κ2) is 13.4. The van der Waals surface area contributed by atoms with Gasteiger partial charge in [0.2, 0.25) is 0 Å².